The van der Waals surface area contributed by atoms with E-state index in [-0.39, 0.29) is 0 Å². The summed E-state index contributed by atoms with van der Waals surface area (Å²) in [6, 6.07) is 0. The molecule has 1 rings (SSSR count). The summed E-state index contributed by atoms with van der Waals surface area (Å²) in [7, 11) is 0. The molecule has 0 saturated heterocycles. The SMILES string of the molecule is CCCCCC(C)CC(CCC)CC1CC1C(C)(C)CC(C)CC(C)CC. The fraction of sp³-hybridized carbons (Fsp3) is 1.00. The van der Waals surface area contributed by atoms with E-state index >= 15 is 0 Å². The molecule has 0 bridgehead atoms. The standard InChI is InChI=1S/C27H54/c1-9-12-13-15-22(5)17-24(14-10-2)18-25-19-26(25)27(7,8)20-23(6)16-21(4)11-3/h21-26H,9-20H2,1-8H3. The van der Waals surface area contributed by atoms with Gasteiger partial charge in [0.2, 0.25) is 0 Å². The third kappa shape index (κ3) is 9.85. The highest BCUT2D eigenvalue weighted by Crippen LogP contribution is 2.56. The first-order valence-corrected chi connectivity index (χ1v) is 12.7. The molecule has 162 valence electrons. The Kier molecular flexibility index (Phi) is 11.6. The molecular formula is C27H54. The largest absolute Gasteiger partial charge is 0.0654 e. The van der Waals surface area contributed by atoms with Gasteiger partial charge in [-0.3, -0.25) is 0 Å². The van der Waals surface area contributed by atoms with Crippen LogP contribution in [0.4, 0.5) is 0 Å². The second kappa shape index (κ2) is 12.5. The number of hydrogen-bond donors (Lipinski definition) is 0. The van der Waals surface area contributed by atoms with Crippen molar-refractivity contribution in [3.8, 4) is 0 Å². The van der Waals surface area contributed by atoms with Gasteiger partial charge in [-0.25, -0.2) is 0 Å². The van der Waals surface area contributed by atoms with E-state index in [0.717, 1.165) is 35.5 Å². The highest BCUT2D eigenvalue weighted by Gasteiger charge is 2.47. The molecule has 6 unspecified atom stereocenters. The average Bonchev–Trinajstić information content (AvgIpc) is 3.34. The Balaban J connectivity index is 2.43. The highest BCUT2D eigenvalue weighted by atomic mass is 14.5. The van der Waals surface area contributed by atoms with Crippen LogP contribution in [0.15, 0.2) is 0 Å². The van der Waals surface area contributed by atoms with Gasteiger partial charge in [0.1, 0.15) is 0 Å². The zero-order valence-electron chi connectivity index (χ0n) is 20.4. The molecule has 27 heavy (non-hydrogen) atoms. The summed E-state index contributed by atoms with van der Waals surface area (Å²) in [5.41, 5.74) is 0.557. The van der Waals surface area contributed by atoms with Crippen LogP contribution in [0.5, 0.6) is 0 Å². The Morgan fingerprint density at radius 1 is 0.815 bits per heavy atom. The van der Waals surface area contributed by atoms with Gasteiger partial charge in [-0.1, -0.05) is 100 Å². The van der Waals surface area contributed by atoms with Crippen LogP contribution in [-0.4, -0.2) is 0 Å². The maximum Gasteiger partial charge on any atom is -0.0321 e. The second-order valence-corrected chi connectivity index (χ2v) is 11.4. The molecule has 0 aromatic carbocycles. The summed E-state index contributed by atoms with van der Waals surface area (Å²) in [4.78, 5) is 0. The Morgan fingerprint density at radius 2 is 1.52 bits per heavy atom. The van der Waals surface area contributed by atoms with Crippen molar-refractivity contribution in [3.05, 3.63) is 0 Å². The molecule has 0 amide bonds. The van der Waals surface area contributed by atoms with E-state index in [0.29, 0.717) is 5.41 Å². The summed E-state index contributed by atoms with van der Waals surface area (Å²) in [6.07, 6.45) is 17.3. The smallest absolute Gasteiger partial charge is 0.0321 e. The van der Waals surface area contributed by atoms with Crippen LogP contribution in [0.1, 0.15) is 132 Å². The molecule has 6 atom stereocenters. The number of hydrogen-bond acceptors (Lipinski definition) is 0. The van der Waals surface area contributed by atoms with Crippen LogP contribution in [0.25, 0.3) is 0 Å². The number of rotatable bonds is 16. The third-order valence-electron chi connectivity index (χ3n) is 7.67. The minimum Gasteiger partial charge on any atom is -0.0654 e. The molecule has 0 spiro atoms. The van der Waals surface area contributed by atoms with Crippen LogP contribution < -0.4 is 0 Å². The molecule has 1 aliphatic rings. The van der Waals surface area contributed by atoms with E-state index in [1.54, 1.807) is 0 Å². The molecule has 1 saturated carbocycles. The molecular weight excluding hydrogens is 324 g/mol. The monoisotopic (exact) mass is 378 g/mol. The van der Waals surface area contributed by atoms with Gasteiger partial charge < -0.3 is 0 Å². The van der Waals surface area contributed by atoms with Gasteiger partial charge in [-0.2, -0.15) is 0 Å². The molecule has 0 nitrogen and oxygen atoms in total. The molecule has 0 N–H and O–H groups in total. The Bertz CT molecular complexity index is 368. The van der Waals surface area contributed by atoms with Crippen molar-refractivity contribution >= 4 is 0 Å². The van der Waals surface area contributed by atoms with Crippen LogP contribution in [0.3, 0.4) is 0 Å². The predicted octanol–water partition coefficient (Wildman–Crippen LogP) is 9.52. The molecule has 0 aromatic heterocycles. The topological polar surface area (TPSA) is 0 Å². The van der Waals surface area contributed by atoms with Gasteiger partial charge in [0.05, 0.1) is 0 Å². The lowest BCUT2D eigenvalue weighted by atomic mass is 9.75. The van der Waals surface area contributed by atoms with E-state index in [1.807, 2.05) is 0 Å². The first-order valence-electron chi connectivity index (χ1n) is 12.7. The molecule has 0 heteroatoms. The van der Waals surface area contributed by atoms with E-state index < -0.39 is 0 Å². The lowest BCUT2D eigenvalue weighted by Gasteiger charge is -2.30. The van der Waals surface area contributed by atoms with Crippen molar-refractivity contribution in [2.24, 2.45) is 40.9 Å². The average molecular weight is 379 g/mol. The summed E-state index contributed by atoms with van der Waals surface area (Å²) < 4.78 is 0. The van der Waals surface area contributed by atoms with Gasteiger partial charge in [-0.15, -0.1) is 0 Å². The fourth-order valence-corrected chi connectivity index (χ4v) is 6.05. The zero-order valence-corrected chi connectivity index (χ0v) is 20.4. The van der Waals surface area contributed by atoms with Crippen molar-refractivity contribution in [3.63, 3.8) is 0 Å². The highest BCUT2D eigenvalue weighted by molar-refractivity contribution is 4.97. The minimum absolute atomic E-state index is 0.557. The van der Waals surface area contributed by atoms with Gasteiger partial charge in [0.15, 0.2) is 0 Å². The summed E-state index contributed by atoms with van der Waals surface area (Å²) >= 11 is 0. The van der Waals surface area contributed by atoms with Crippen molar-refractivity contribution in [1.29, 1.82) is 0 Å². The van der Waals surface area contributed by atoms with Crippen LogP contribution >= 0.6 is 0 Å². The lowest BCUT2D eigenvalue weighted by Crippen LogP contribution is -2.21. The van der Waals surface area contributed by atoms with E-state index in [2.05, 4.69) is 55.4 Å². The third-order valence-corrected chi connectivity index (χ3v) is 7.67. The summed E-state index contributed by atoms with van der Waals surface area (Å²) in [5, 5.41) is 0. The minimum atomic E-state index is 0.557. The first kappa shape index (κ1) is 25.0. The maximum atomic E-state index is 2.58. The van der Waals surface area contributed by atoms with Gasteiger partial charge in [-0.05, 0) is 73.0 Å². The molecule has 1 fully saturated rings. The summed E-state index contributed by atoms with van der Waals surface area (Å²) in [6.45, 7) is 19.7. The quantitative estimate of drug-likeness (QED) is 0.234. The van der Waals surface area contributed by atoms with E-state index in [9.17, 15) is 0 Å². The second-order valence-electron chi connectivity index (χ2n) is 11.4. The van der Waals surface area contributed by atoms with Crippen LogP contribution in [0.2, 0.25) is 0 Å². The van der Waals surface area contributed by atoms with Crippen molar-refractivity contribution < 1.29 is 0 Å². The van der Waals surface area contributed by atoms with Gasteiger partial charge in [0.25, 0.3) is 0 Å². The van der Waals surface area contributed by atoms with Gasteiger partial charge >= 0.3 is 0 Å². The fourth-order valence-electron chi connectivity index (χ4n) is 6.05. The van der Waals surface area contributed by atoms with Crippen LogP contribution in [0, 0.1) is 40.9 Å². The van der Waals surface area contributed by atoms with Crippen LogP contribution in [-0.2, 0) is 0 Å². The molecule has 0 radical (unpaired) electrons. The lowest BCUT2D eigenvalue weighted by molar-refractivity contribution is 0.199. The molecule has 1 aliphatic carbocycles. The van der Waals surface area contributed by atoms with Gasteiger partial charge in [0, 0.05) is 0 Å². The Labute approximate surface area is 173 Å². The Morgan fingerprint density at radius 3 is 2.11 bits per heavy atom. The first-order chi connectivity index (χ1) is 12.7. The Hall–Kier alpha value is 0. The molecule has 0 aliphatic heterocycles. The van der Waals surface area contributed by atoms with E-state index in [1.165, 1.54) is 77.0 Å². The van der Waals surface area contributed by atoms with Crippen molar-refractivity contribution in [2.45, 2.75) is 132 Å². The maximum absolute atomic E-state index is 2.58. The molecule has 0 aromatic rings. The molecule has 0 heterocycles. The van der Waals surface area contributed by atoms with Crippen molar-refractivity contribution in [1.82, 2.24) is 0 Å². The predicted molar refractivity (Wildman–Crippen MR) is 124 cm³/mol. The number of unbranched alkanes of at least 4 members (excludes halogenated alkanes) is 2. The summed E-state index contributed by atoms with van der Waals surface area (Å²) in [5.74, 6) is 5.76. The van der Waals surface area contributed by atoms with Crippen molar-refractivity contribution in [2.75, 3.05) is 0 Å². The van der Waals surface area contributed by atoms with E-state index in [4.69, 9.17) is 0 Å². The zero-order chi connectivity index (χ0) is 20.4. The normalized spacial score (nSPS) is 24.4.